The van der Waals surface area contributed by atoms with Gasteiger partial charge in [-0.05, 0) is 36.8 Å². The summed E-state index contributed by atoms with van der Waals surface area (Å²) in [6.45, 7) is 2.45. The van der Waals surface area contributed by atoms with Crippen LogP contribution in [0.3, 0.4) is 0 Å². The fraction of sp³-hybridized carbons (Fsp3) is 0.235. The van der Waals surface area contributed by atoms with Crippen LogP contribution in [0.25, 0.3) is 0 Å². The Morgan fingerprint density at radius 3 is 2.82 bits per heavy atom. The standard InChI is InChI=1S/C17H17FN2O2/c1-2-20-14-7-6-13(19)10-15(14)22-16(17(20)21)9-11-4-3-5-12(18)8-11/h3-8,10,16H,2,9,19H2,1H3. The summed E-state index contributed by atoms with van der Waals surface area (Å²) in [5, 5.41) is 0. The van der Waals surface area contributed by atoms with Crippen LogP contribution in [0.1, 0.15) is 12.5 Å². The fourth-order valence-corrected chi connectivity index (χ4v) is 2.68. The maximum Gasteiger partial charge on any atom is 0.268 e. The van der Waals surface area contributed by atoms with Crippen LogP contribution in [0.2, 0.25) is 0 Å². The first-order valence-electron chi connectivity index (χ1n) is 7.20. The Kier molecular flexibility index (Phi) is 3.71. The molecule has 0 saturated carbocycles. The topological polar surface area (TPSA) is 55.6 Å². The number of carbonyl (C=O) groups excluding carboxylic acids is 1. The van der Waals surface area contributed by atoms with Crippen LogP contribution in [-0.2, 0) is 11.2 Å². The van der Waals surface area contributed by atoms with Gasteiger partial charge >= 0.3 is 0 Å². The summed E-state index contributed by atoms with van der Waals surface area (Å²) in [5.74, 6) is 0.143. The van der Waals surface area contributed by atoms with E-state index < -0.39 is 6.10 Å². The predicted molar refractivity (Wildman–Crippen MR) is 83.4 cm³/mol. The average Bonchev–Trinajstić information content (AvgIpc) is 2.48. The van der Waals surface area contributed by atoms with Crippen molar-refractivity contribution in [3.05, 3.63) is 53.8 Å². The number of amides is 1. The van der Waals surface area contributed by atoms with Crippen LogP contribution >= 0.6 is 0 Å². The van der Waals surface area contributed by atoms with Gasteiger partial charge in [-0.2, -0.15) is 0 Å². The number of nitrogens with zero attached hydrogens (tertiary/aromatic N) is 1. The minimum atomic E-state index is -0.670. The van der Waals surface area contributed by atoms with E-state index in [4.69, 9.17) is 10.5 Å². The molecule has 1 unspecified atom stereocenters. The van der Waals surface area contributed by atoms with Crippen LogP contribution in [0.15, 0.2) is 42.5 Å². The largest absolute Gasteiger partial charge is 0.478 e. The van der Waals surface area contributed by atoms with Crippen molar-refractivity contribution in [1.82, 2.24) is 0 Å². The van der Waals surface area contributed by atoms with Crippen molar-refractivity contribution >= 4 is 17.3 Å². The molecule has 1 aliphatic rings. The van der Waals surface area contributed by atoms with Crippen molar-refractivity contribution < 1.29 is 13.9 Å². The van der Waals surface area contributed by atoms with E-state index >= 15 is 0 Å². The van der Waals surface area contributed by atoms with Crippen molar-refractivity contribution in [3.63, 3.8) is 0 Å². The molecule has 0 bridgehead atoms. The molecule has 2 aromatic rings. The number of halogens is 1. The molecule has 0 spiro atoms. The normalized spacial score (nSPS) is 17.1. The van der Waals surface area contributed by atoms with E-state index in [1.165, 1.54) is 12.1 Å². The lowest BCUT2D eigenvalue weighted by molar-refractivity contribution is -0.126. The van der Waals surface area contributed by atoms with E-state index in [1.54, 1.807) is 35.2 Å². The minimum absolute atomic E-state index is 0.121. The van der Waals surface area contributed by atoms with Crippen molar-refractivity contribution in [2.24, 2.45) is 0 Å². The number of ether oxygens (including phenoxy) is 1. The van der Waals surface area contributed by atoms with E-state index in [-0.39, 0.29) is 11.7 Å². The highest BCUT2D eigenvalue weighted by Gasteiger charge is 2.33. The second kappa shape index (κ2) is 5.67. The van der Waals surface area contributed by atoms with Crippen LogP contribution in [0.5, 0.6) is 5.75 Å². The molecule has 2 aromatic carbocycles. The maximum atomic E-state index is 13.3. The molecular weight excluding hydrogens is 283 g/mol. The van der Waals surface area contributed by atoms with Crippen molar-refractivity contribution in [3.8, 4) is 5.75 Å². The molecule has 1 heterocycles. The molecule has 1 atom stereocenters. The summed E-state index contributed by atoms with van der Waals surface area (Å²) in [4.78, 5) is 14.2. The Hall–Kier alpha value is -2.56. The van der Waals surface area contributed by atoms with Crippen LogP contribution in [0.4, 0.5) is 15.8 Å². The first-order chi connectivity index (χ1) is 10.6. The van der Waals surface area contributed by atoms with Crippen LogP contribution in [0, 0.1) is 5.82 Å². The molecule has 0 aliphatic carbocycles. The molecule has 22 heavy (non-hydrogen) atoms. The molecule has 0 radical (unpaired) electrons. The molecule has 0 aromatic heterocycles. The lowest BCUT2D eigenvalue weighted by Gasteiger charge is -2.34. The first kappa shape index (κ1) is 14.4. The lowest BCUT2D eigenvalue weighted by atomic mass is 10.0. The zero-order chi connectivity index (χ0) is 15.7. The Morgan fingerprint density at radius 2 is 2.09 bits per heavy atom. The number of hydrogen-bond donors (Lipinski definition) is 1. The molecule has 3 rings (SSSR count). The first-order valence-corrected chi connectivity index (χ1v) is 7.20. The van der Waals surface area contributed by atoms with E-state index in [0.717, 1.165) is 11.3 Å². The number of rotatable bonds is 3. The van der Waals surface area contributed by atoms with E-state index in [9.17, 15) is 9.18 Å². The third-order valence-electron chi connectivity index (χ3n) is 3.71. The summed E-state index contributed by atoms with van der Waals surface area (Å²) < 4.78 is 19.1. The van der Waals surface area contributed by atoms with Gasteiger partial charge in [0.1, 0.15) is 11.6 Å². The Labute approximate surface area is 128 Å². The van der Waals surface area contributed by atoms with Gasteiger partial charge in [0, 0.05) is 24.7 Å². The number of anilines is 2. The van der Waals surface area contributed by atoms with Crippen molar-refractivity contribution in [2.75, 3.05) is 17.2 Å². The number of carbonyl (C=O) groups is 1. The predicted octanol–water partition coefficient (Wildman–Crippen LogP) is 2.76. The molecular formula is C17H17FN2O2. The van der Waals surface area contributed by atoms with E-state index in [1.807, 2.05) is 6.92 Å². The van der Waals surface area contributed by atoms with Crippen LogP contribution in [-0.4, -0.2) is 18.6 Å². The van der Waals surface area contributed by atoms with Gasteiger partial charge in [-0.25, -0.2) is 4.39 Å². The lowest BCUT2D eigenvalue weighted by Crippen LogP contribution is -2.46. The highest BCUT2D eigenvalue weighted by molar-refractivity contribution is 6.00. The third-order valence-corrected chi connectivity index (χ3v) is 3.71. The van der Waals surface area contributed by atoms with Crippen LogP contribution < -0.4 is 15.4 Å². The minimum Gasteiger partial charge on any atom is -0.478 e. The Morgan fingerprint density at radius 1 is 1.27 bits per heavy atom. The molecule has 1 aliphatic heterocycles. The monoisotopic (exact) mass is 300 g/mol. The summed E-state index contributed by atoms with van der Waals surface area (Å²) in [6, 6.07) is 11.4. The second-order valence-corrected chi connectivity index (χ2v) is 5.25. The number of fused-ring (bicyclic) bond motifs is 1. The smallest absolute Gasteiger partial charge is 0.268 e. The summed E-state index contributed by atoms with van der Waals surface area (Å²) >= 11 is 0. The quantitative estimate of drug-likeness (QED) is 0.887. The highest BCUT2D eigenvalue weighted by atomic mass is 19.1. The molecule has 1 amide bonds. The number of benzene rings is 2. The van der Waals surface area contributed by atoms with Gasteiger partial charge in [0.15, 0.2) is 6.10 Å². The zero-order valence-electron chi connectivity index (χ0n) is 12.3. The van der Waals surface area contributed by atoms with E-state index in [2.05, 4.69) is 0 Å². The summed E-state index contributed by atoms with van der Waals surface area (Å²) in [6.07, 6.45) is -0.350. The molecule has 5 heteroatoms. The second-order valence-electron chi connectivity index (χ2n) is 5.25. The average molecular weight is 300 g/mol. The Balaban J connectivity index is 1.92. The van der Waals surface area contributed by atoms with Gasteiger partial charge < -0.3 is 15.4 Å². The van der Waals surface area contributed by atoms with Gasteiger partial charge in [-0.15, -0.1) is 0 Å². The van der Waals surface area contributed by atoms with E-state index in [0.29, 0.717) is 24.4 Å². The number of likely N-dealkylation sites (N-methyl/N-ethyl adjacent to an activating group) is 1. The molecule has 4 nitrogen and oxygen atoms in total. The van der Waals surface area contributed by atoms with Gasteiger partial charge in [0.05, 0.1) is 5.69 Å². The van der Waals surface area contributed by atoms with Gasteiger partial charge in [0.25, 0.3) is 5.91 Å². The third kappa shape index (κ3) is 2.62. The Bertz CT molecular complexity index is 718. The molecule has 114 valence electrons. The number of hydrogen-bond acceptors (Lipinski definition) is 3. The number of nitrogen functional groups attached to an aromatic ring is 1. The van der Waals surface area contributed by atoms with Crippen molar-refractivity contribution in [1.29, 1.82) is 0 Å². The summed E-state index contributed by atoms with van der Waals surface area (Å²) in [5.41, 5.74) is 7.81. The SMILES string of the molecule is CCN1C(=O)C(Cc2cccc(F)c2)Oc2cc(N)ccc21. The number of nitrogens with two attached hydrogens (primary N) is 1. The molecule has 0 saturated heterocycles. The molecule has 2 N–H and O–H groups in total. The van der Waals surface area contributed by atoms with Gasteiger partial charge in [-0.3, -0.25) is 4.79 Å². The zero-order valence-corrected chi connectivity index (χ0v) is 12.3. The van der Waals surface area contributed by atoms with Gasteiger partial charge in [0.2, 0.25) is 0 Å². The van der Waals surface area contributed by atoms with Gasteiger partial charge in [-0.1, -0.05) is 12.1 Å². The summed E-state index contributed by atoms with van der Waals surface area (Å²) in [7, 11) is 0. The maximum absolute atomic E-state index is 13.3. The van der Waals surface area contributed by atoms with Crippen molar-refractivity contribution in [2.45, 2.75) is 19.4 Å². The highest BCUT2D eigenvalue weighted by Crippen LogP contribution is 2.36. The molecule has 0 fully saturated rings. The fourth-order valence-electron chi connectivity index (χ4n) is 2.68.